The second-order valence-electron chi connectivity index (χ2n) is 26.0. The zero-order chi connectivity index (χ0) is 59.2. The fraction of sp³-hybridized carbons (Fsp3) is 0.921. The van der Waals surface area contributed by atoms with Crippen molar-refractivity contribution in [3.05, 3.63) is 24.3 Å². The standard InChI is InChI=1S/C76H147NO5/c1-3-5-7-9-11-13-15-17-41-45-48-52-56-60-64-68-74(79)73(72-78)77-75(80)69-65-61-57-53-49-46-42-39-37-35-33-31-29-27-25-23-21-19-18-20-22-24-26-28-30-32-34-36-38-40-43-47-51-55-59-63-67-71-82-76(81)70-66-62-58-54-50-44-16-14-12-10-8-6-4-2/h18,20,24,26,73-74,78-79H,3-17,19,21-23,25,27-72H2,1-2H3,(H,77,80)/b20-18-,26-24-. The number of allylic oxidation sites excluding steroid dienone is 4. The first-order valence-electron chi connectivity index (χ1n) is 37.6. The molecule has 0 saturated carbocycles. The molecule has 0 aromatic carbocycles. The first kappa shape index (κ1) is 80.3. The van der Waals surface area contributed by atoms with Gasteiger partial charge in [0.15, 0.2) is 0 Å². The molecule has 0 heterocycles. The fourth-order valence-corrected chi connectivity index (χ4v) is 12.0. The third-order valence-electron chi connectivity index (χ3n) is 17.8. The van der Waals surface area contributed by atoms with Crippen molar-refractivity contribution in [3.8, 4) is 0 Å². The van der Waals surface area contributed by atoms with Crippen molar-refractivity contribution in [2.24, 2.45) is 0 Å². The van der Waals surface area contributed by atoms with Gasteiger partial charge >= 0.3 is 5.97 Å². The quantitative estimate of drug-likeness (QED) is 0.0320. The summed E-state index contributed by atoms with van der Waals surface area (Å²) >= 11 is 0. The number of carbonyl (C=O) groups excluding carboxylic acids is 2. The summed E-state index contributed by atoms with van der Waals surface area (Å²) in [6, 6.07) is -0.539. The molecule has 0 aliphatic heterocycles. The molecule has 3 N–H and O–H groups in total. The Morgan fingerprint density at radius 2 is 0.610 bits per heavy atom. The van der Waals surface area contributed by atoms with Gasteiger partial charge in [-0.15, -0.1) is 0 Å². The van der Waals surface area contributed by atoms with Crippen LogP contribution in [0.4, 0.5) is 0 Å². The average molecular weight is 1160 g/mol. The Kier molecular flexibility index (Phi) is 70.4. The lowest BCUT2D eigenvalue weighted by atomic mass is 10.0. The normalized spacial score (nSPS) is 12.6. The number of esters is 1. The average Bonchev–Trinajstić information content (AvgIpc) is 3.48. The zero-order valence-corrected chi connectivity index (χ0v) is 55.8. The van der Waals surface area contributed by atoms with Crippen LogP contribution in [0, 0.1) is 0 Å². The van der Waals surface area contributed by atoms with Gasteiger partial charge in [-0.3, -0.25) is 9.59 Å². The molecule has 0 bridgehead atoms. The molecular weight excluding hydrogens is 1010 g/mol. The predicted octanol–water partition coefficient (Wildman–Crippen LogP) is 24.5. The second kappa shape index (κ2) is 71.8. The van der Waals surface area contributed by atoms with Crippen LogP contribution in [0.5, 0.6) is 0 Å². The minimum atomic E-state index is -0.662. The van der Waals surface area contributed by atoms with Crippen molar-refractivity contribution in [3.63, 3.8) is 0 Å². The van der Waals surface area contributed by atoms with Crippen LogP contribution in [0.1, 0.15) is 425 Å². The van der Waals surface area contributed by atoms with Gasteiger partial charge in [0.05, 0.1) is 25.4 Å². The van der Waals surface area contributed by atoms with Crippen LogP contribution >= 0.6 is 0 Å². The topological polar surface area (TPSA) is 95.9 Å². The van der Waals surface area contributed by atoms with Crippen molar-refractivity contribution < 1.29 is 24.5 Å². The van der Waals surface area contributed by atoms with Gasteiger partial charge in [-0.05, 0) is 57.8 Å². The van der Waals surface area contributed by atoms with E-state index in [-0.39, 0.29) is 18.5 Å². The molecule has 0 aliphatic rings. The Balaban J connectivity index is 3.35. The summed E-state index contributed by atoms with van der Waals surface area (Å²) in [6.07, 6.45) is 91.2. The van der Waals surface area contributed by atoms with E-state index in [0.29, 0.717) is 25.9 Å². The molecular formula is C76H147NO5. The molecule has 0 fully saturated rings. The van der Waals surface area contributed by atoms with Crippen molar-refractivity contribution in [1.82, 2.24) is 5.32 Å². The molecule has 2 atom stereocenters. The number of aliphatic hydroxyl groups is 2. The van der Waals surface area contributed by atoms with Crippen LogP contribution in [-0.2, 0) is 14.3 Å². The smallest absolute Gasteiger partial charge is 0.305 e. The molecule has 82 heavy (non-hydrogen) atoms. The number of nitrogens with one attached hydrogen (secondary N) is 1. The minimum Gasteiger partial charge on any atom is -0.466 e. The van der Waals surface area contributed by atoms with Crippen LogP contribution in [0.25, 0.3) is 0 Å². The van der Waals surface area contributed by atoms with Crippen LogP contribution < -0.4 is 5.32 Å². The van der Waals surface area contributed by atoms with Crippen LogP contribution in [0.3, 0.4) is 0 Å². The Morgan fingerprint density at radius 1 is 0.341 bits per heavy atom. The van der Waals surface area contributed by atoms with Gasteiger partial charge in [0.1, 0.15) is 0 Å². The molecule has 1 amide bonds. The number of rotatable bonds is 71. The lowest BCUT2D eigenvalue weighted by Gasteiger charge is -2.22. The Bertz CT molecular complexity index is 1280. The van der Waals surface area contributed by atoms with Gasteiger partial charge in [0.2, 0.25) is 5.91 Å². The molecule has 0 aromatic heterocycles. The molecule has 0 spiro atoms. The summed E-state index contributed by atoms with van der Waals surface area (Å²) in [6.45, 7) is 4.99. The molecule has 0 saturated heterocycles. The first-order chi connectivity index (χ1) is 40.5. The van der Waals surface area contributed by atoms with E-state index in [1.165, 1.54) is 347 Å². The van der Waals surface area contributed by atoms with Crippen molar-refractivity contribution >= 4 is 11.9 Å². The number of aliphatic hydroxyl groups excluding tert-OH is 2. The minimum absolute atomic E-state index is 0.0210. The maximum atomic E-state index is 12.5. The van der Waals surface area contributed by atoms with Crippen molar-refractivity contribution in [2.75, 3.05) is 13.2 Å². The van der Waals surface area contributed by atoms with E-state index in [4.69, 9.17) is 4.74 Å². The van der Waals surface area contributed by atoms with E-state index in [2.05, 4.69) is 43.5 Å². The van der Waals surface area contributed by atoms with Crippen molar-refractivity contribution in [2.45, 2.75) is 437 Å². The van der Waals surface area contributed by atoms with Crippen molar-refractivity contribution in [1.29, 1.82) is 0 Å². The summed E-state index contributed by atoms with van der Waals surface area (Å²) in [7, 11) is 0. The number of hydrogen-bond donors (Lipinski definition) is 3. The maximum Gasteiger partial charge on any atom is 0.305 e. The summed E-state index contributed by atoms with van der Waals surface area (Å²) < 4.78 is 5.49. The fourth-order valence-electron chi connectivity index (χ4n) is 12.0. The number of hydrogen-bond acceptors (Lipinski definition) is 5. The lowest BCUT2D eigenvalue weighted by molar-refractivity contribution is -0.143. The van der Waals surface area contributed by atoms with E-state index in [1.54, 1.807) is 0 Å². The molecule has 0 rings (SSSR count). The van der Waals surface area contributed by atoms with E-state index < -0.39 is 12.1 Å². The van der Waals surface area contributed by atoms with Gasteiger partial charge in [0, 0.05) is 12.8 Å². The molecule has 0 aromatic rings. The highest BCUT2D eigenvalue weighted by Crippen LogP contribution is 2.19. The van der Waals surface area contributed by atoms with E-state index in [9.17, 15) is 19.8 Å². The number of unbranched alkanes of at least 4 members (excludes halogenated alkanes) is 56. The Morgan fingerprint density at radius 3 is 0.927 bits per heavy atom. The van der Waals surface area contributed by atoms with Gasteiger partial charge in [-0.25, -0.2) is 0 Å². The molecule has 6 nitrogen and oxygen atoms in total. The molecule has 2 unspecified atom stereocenters. The number of amides is 1. The summed E-state index contributed by atoms with van der Waals surface area (Å²) in [5.41, 5.74) is 0. The molecule has 486 valence electrons. The number of carbonyl (C=O) groups is 2. The molecule has 0 radical (unpaired) electrons. The molecule has 6 heteroatoms. The van der Waals surface area contributed by atoms with E-state index in [0.717, 1.165) is 44.9 Å². The number of ether oxygens (including phenoxy) is 1. The van der Waals surface area contributed by atoms with Crippen LogP contribution in [0.2, 0.25) is 0 Å². The lowest BCUT2D eigenvalue weighted by Crippen LogP contribution is -2.45. The van der Waals surface area contributed by atoms with Gasteiger partial charge < -0.3 is 20.3 Å². The predicted molar refractivity (Wildman–Crippen MR) is 361 cm³/mol. The van der Waals surface area contributed by atoms with Gasteiger partial charge in [0.25, 0.3) is 0 Å². The maximum absolute atomic E-state index is 12.5. The van der Waals surface area contributed by atoms with Gasteiger partial charge in [-0.2, -0.15) is 0 Å². The highest BCUT2D eigenvalue weighted by atomic mass is 16.5. The zero-order valence-electron chi connectivity index (χ0n) is 55.8. The molecule has 0 aliphatic carbocycles. The van der Waals surface area contributed by atoms with E-state index in [1.807, 2.05) is 0 Å². The Labute approximate surface area is 513 Å². The van der Waals surface area contributed by atoms with Crippen LogP contribution in [0.15, 0.2) is 24.3 Å². The Hall–Kier alpha value is -1.66. The third-order valence-corrected chi connectivity index (χ3v) is 17.8. The highest BCUT2D eigenvalue weighted by Gasteiger charge is 2.20. The summed E-state index contributed by atoms with van der Waals surface area (Å²) in [5, 5.41) is 23.3. The SMILES string of the molecule is CCCCCCCCCCCCCCCCCC(O)C(CO)NC(=O)CCCCCCCCCCCCCCCCCCC/C=C\C/C=C\CCCCCCCCCCCCCCCOC(=O)CCCCCCCCCCCCCCC. The summed E-state index contributed by atoms with van der Waals surface area (Å²) in [4.78, 5) is 24.6. The second-order valence-corrected chi connectivity index (χ2v) is 26.0. The third kappa shape index (κ3) is 67.5. The largest absolute Gasteiger partial charge is 0.466 e. The monoisotopic (exact) mass is 1150 g/mol. The summed E-state index contributed by atoms with van der Waals surface area (Å²) in [5.74, 6) is -0.00794. The van der Waals surface area contributed by atoms with E-state index >= 15 is 0 Å². The highest BCUT2D eigenvalue weighted by molar-refractivity contribution is 5.76. The first-order valence-corrected chi connectivity index (χ1v) is 37.6. The van der Waals surface area contributed by atoms with Gasteiger partial charge in [-0.1, -0.05) is 378 Å². The van der Waals surface area contributed by atoms with Crippen LogP contribution in [-0.4, -0.2) is 47.4 Å².